The van der Waals surface area contributed by atoms with Crippen LogP contribution < -0.4 is 19.5 Å². The number of carbonyl (C=O) groups excluding carboxylic acids is 1. The van der Waals surface area contributed by atoms with Crippen molar-refractivity contribution in [2.75, 3.05) is 26.9 Å². The molecule has 32 heavy (non-hydrogen) atoms. The maximum Gasteiger partial charge on any atom is 0.276 e. The van der Waals surface area contributed by atoms with Gasteiger partial charge in [-0.1, -0.05) is 12.1 Å². The Balaban J connectivity index is 1.71. The van der Waals surface area contributed by atoms with Gasteiger partial charge in [-0.25, -0.2) is 0 Å². The highest BCUT2D eigenvalue weighted by Crippen LogP contribution is 2.29. The third kappa shape index (κ3) is 5.53. The first-order valence-electron chi connectivity index (χ1n) is 10.5. The fraction of sp³-hybridized carbons (Fsp3) is 0.333. The van der Waals surface area contributed by atoms with Crippen LogP contribution in [0.2, 0.25) is 0 Å². The first-order valence-corrected chi connectivity index (χ1v) is 11.4. The Labute approximate surface area is 199 Å². The van der Waals surface area contributed by atoms with Crippen LogP contribution in [0.3, 0.4) is 0 Å². The van der Waals surface area contributed by atoms with Crippen molar-refractivity contribution in [2.45, 2.75) is 26.1 Å². The molecule has 8 heteroatoms. The van der Waals surface area contributed by atoms with Gasteiger partial charge in [0.15, 0.2) is 16.6 Å². The van der Waals surface area contributed by atoms with Crippen molar-refractivity contribution < 1.29 is 19.0 Å². The molecule has 1 aliphatic heterocycles. The van der Waals surface area contributed by atoms with Crippen molar-refractivity contribution in [1.82, 2.24) is 10.2 Å². The summed E-state index contributed by atoms with van der Waals surface area (Å²) in [6.07, 6.45) is 2.40. The van der Waals surface area contributed by atoms with Gasteiger partial charge in [0.1, 0.15) is 11.4 Å². The number of benzene rings is 2. The Kier molecular flexibility index (Phi) is 8.36. The van der Waals surface area contributed by atoms with E-state index < -0.39 is 0 Å². The number of amides is 1. The van der Waals surface area contributed by atoms with Crippen LogP contribution >= 0.6 is 23.8 Å². The predicted molar refractivity (Wildman–Crippen MR) is 130 cm³/mol. The lowest BCUT2D eigenvalue weighted by atomic mass is 10.1. The molecule has 2 aromatic carbocycles. The zero-order chi connectivity index (χ0) is 23.1. The van der Waals surface area contributed by atoms with Crippen LogP contribution in [0.15, 0.2) is 42.1 Å². The monoisotopic (exact) mass is 474 g/mol. The van der Waals surface area contributed by atoms with E-state index in [1.54, 1.807) is 18.1 Å². The summed E-state index contributed by atoms with van der Waals surface area (Å²) in [6, 6.07) is 11.4. The normalized spacial score (nSPS) is 14.6. The number of hydrogen-bond donors (Lipinski definition) is 1. The highest BCUT2D eigenvalue weighted by molar-refractivity contribution is 7.80. The van der Waals surface area contributed by atoms with E-state index in [2.05, 4.69) is 5.32 Å². The van der Waals surface area contributed by atoms with Gasteiger partial charge in [0.05, 0.1) is 26.2 Å². The van der Waals surface area contributed by atoms with Gasteiger partial charge in [-0.15, -0.1) is 11.6 Å². The number of halogens is 1. The first-order chi connectivity index (χ1) is 15.5. The molecule has 1 N–H and O–H groups in total. The lowest BCUT2D eigenvalue weighted by molar-refractivity contribution is -0.122. The van der Waals surface area contributed by atoms with E-state index in [9.17, 15) is 4.79 Å². The standard InChI is InChI=1S/C24H27ClN2O4S/c1-4-30-21-9-6-16(14-22(21)31-5-2)10-11-27-23(28)19(26-24(27)32)13-17-7-8-20(29-3)18(12-17)15-25/h6-9,12-14H,4-5,10-11,15H2,1-3H3,(H,26,32)/b19-13+. The summed E-state index contributed by atoms with van der Waals surface area (Å²) in [5.41, 5.74) is 3.16. The number of nitrogens with one attached hydrogen (secondary N) is 1. The van der Waals surface area contributed by atoms with Gasteiger partial charge in [-0.2, -0.15) is 0 Å². The zero-order valence-corrected chi connectivity index (χ0v) is 20.0. The van der Waals surface area contributed by atoms with E-state index in [1.165, 1.54) is 0 Å². The minimum absolute atomic E-state index is 0.158. The van der Waals surface area contributed by atoms with Crippen molar-refractivity contribution in [3.63, 3.8) is 0 Å². The smallest absolute Gasteiger partial charge is 0.276 e. The third-order valence-corrected chi connectivity index (χ3v) is 5.56. The molecule has 1 amide bonds. The average molecular weight is 475 g/mol. The molecule has 1 aliphatic rings. The molecule has 0 spiro atoms. The Hall–Kier alpha value is -2.77. The van der Waals surface area contributed by atoms with Gasteiger partial charge in [0.2, 0.25) is 0 Å². The molecule has 0 bridgehead atoms. The van der Waals surface area contributed by atoms with Crippen LogP contribution in [0.5, 0.6) is 17.2 Å². The average Bonchev–Trinajstić information content (AvgIpc) is 3.06. The summed E-state index contributed by atoms with van der Waals surface area (Å²) < 4.78 is 16.6. The van der Waals surface area contributed by atoms with E-state index in [4.69, 9.17) is 38.0 Å². The number of hydrogen-bond acceptors (Lipinski definition) is 5. The van der Waals surface area contributed by atoms with Crippen LogP contribution in [0.1, 0.15) is 30.5 Å². The van der Waals surface area contributed by atoms with Gasteiger partial charge >= 0.3 is 0 Å². The molecule has 3 rings (SSSR count). The van der Waals surface area contributed by atoms with Gasteiger partial charge in [-0.3, -0.25) is 9.69 Å². The molecule has 2 aromatic rings. The van der Waals surface area contributed by atoms with Crippen LogP contribution in [-0.2, 0) is 17.1 Å². The molecular formula is C24H27ClN2O4S. The highest BCUT2D eigenvalue weighted by atomic mass is 35.5. The Morgan fingerprint density at radius 1 is 1.06 bits per heavy atom. The molecule has 1 saturated heterocycles. The SMILES string of the molecule is CCOc1ccc(CCN2C(=O)/C(=C\c3ccc(OC)c(CCl)c3)NC2=S)cc1OCC. The maximum absolute atomic E-state index is 12.9. The van der Waals surface area contributed by atoms with E-state index in [0.717, 1.165) is 16.7 Å². The quantitative estimate of drug-likeness (QED) is 0.310. The van der Waals surface area contributed by atoms with Gasteiger partial charge in [-0.05, 0) is 74.0 Å². The summed E-state index contributed by atoms with van der Waals surface area (Å²) >= 11 is 11.4. The molecule has 0 saturated carbocycles. The maximum atomic E-state index is 12.9. The second-order valence-corrected chi connectivity index (χ2v) is 7.70. The second kappa shape index (κ2) is 11.2. The Morgan fingerprint density at radius 2 is 1.78 bits per heavy atom. The lowest BCUT2D eigenvalue weighted by Crippen LogP contribution is -2.32. The van der Waals surface area contributed by atoms with Crippen molar-refractivity contribution in [1.29, 1.82) is 0 Å². The molecule has 0 aliphatic carbocycles. The van der Waals surface area contributed by atoms with E-state index in [-0.39, 0.29) is 5.91 Å². The number of ether oxygens (including phenoxy) is 3. The van der Waals surface area contributed by atoms with E-state index >= 15 is 0 Å². The summed E-state index contributed by atoms with van der Waals surface area (Å²) in [5, 5.41) is 3.41. The molecular weight excluding hydrogens is 448 g/mol. The number of nitrogens with zero attached hydrogens (tertiary/aromatic N) is 1. The van der Waals surface area contributed by atoms with E-state index in [1.807, 2.05) is 50.2 Å². The summed E-state index contributed by atoms with van der Waals surface area (Å²) in [4.78, 5) is 14.5. The molecule has 0 aromatic heterocycles. The number of methoxy groups -OCH3 is 1. The number of thiocarbonyl (C=S) groups is 1. The van der Waals surface area contributed by atoms with Crippen LogP contribution in [-0.4, -0.2) is 42.8 Å². The predicted octanol–water partition coefficient (Wildman–Crippen LogP) is 4.53. The largest absolute Gasteiger partial charge is 0.496 e. The van der Waals surface area contributed by atoms with E-state index in [0.29, 0.717) is 60.1 Å². The Morgan fingerprint density at radius 3 is 2.47 bits per heavy atom. The molecule has 0 atom stereocenters. The van der Waals surface area contributed by atoms with Crippen molar-refractivity contribution in [2.24, 2.45) is 0 Å². The van der Waals surface area contributed by atoms with Crippen LogP contribution in [0.4, 0.5) is 0 Å². The first kappa shape index (κ1) is 23.9. The summed E-state index contributed by atoms with van der Waals surface area (Å²) in [7, 11) is 1.60. The number of alkyl halides is 1. The molecule has 0 radical (unpaired) electrons. The topological polar surface area (TPSA) is 60.0 Å². The number of carbonyl (C=O) groups is 1. The number of rotatable bonds is 10. The molecule has 0 unspecified atom stereocenters. The van der Waals surface area contributed by atoms with Crippen LogP contribution in [0.25, 0.3) is 6.08 Å². The minimum atomic E-state index is -0.158. The summed E-state index contributed by atoms with van der Waals surface area (Å²) in [5.74, 6) is 2.29. The Bertz CT molecular complexity index is 1030. The van der Waals surface area contributed by atoms with Gasteiger partial charge in [0, 0.05) is 12.1 Å². The fourth-order valence-corrected chi connectivity index (χ4v) is 3.92. The minimum Gasteiger partial charge on any atom is -0.496 e. The van der Waals surface area contributed by atoms with Crippen LogP contribution in [0, 0.1) is 0 Å². The lowest BCUT2D eigenvalue weighted by Gasteiger charge is -2.15. The van der Waals surface area contributed by atoms with Crippen molar-refractivity contribution in [3.05, 3.63) is 58.8 Å². The highest BCUT2D eigenvalue weighted by Gasteiger charge is 2.30. The molecule has 1 heterocycles. The molecule has 6 nitrogen and oxygen atoms in total. The zero-order valence-electron chi connectivity index (χ0n) is 18.4. The molecule has 170 valence electrons. The van der Waals surface area contributed by atoms with Gasteiger partial charge < -0.3 is 19.5 Å². The summed E-state index contributed by atoms with van der Waals surface area (Å²) in [6.45, 7) is 5.44. The van der Waals surface area contributed by atoms with Crippen molar-refractivity contribution >= 4 is 40.9 Å². The van der Waals surface area contributed by atoms with Crippen molar-refractivity contribution in [3.8, 4) is 17.2 Å². The second-order valence-electron chi connectivity index (χ2n) is 7.05. The van der Waals surface area contributed by atoms with Gasteiger partial charge in [0.25, 0.3) is 5.91 Å². The fourth-order valence-electron chi connectivity index (χ4n) is 3.43. The molecule has 1 fully saturated rings. The third-order valence-electron chi connectivity index (χ3n) is 4.95.